The highest BCUT2D eigenvalue weighted by molar-refractivity contribution is 14.0. The summed E-state index contributed by atoms with van der Waals surface area (Å²) < 4.78 is 0. The summed E-state index contributed by atoms with van der Waals surface area (Å²) >= 11 is 0. The van der Waals surface area contributed by atoms with Crippen molar-refractivity contribution in [1.82, 2.24) is 4.90 Å². The average Bonchev–Trinajstić information content (AvgIpc) is 2.71. The van der Waals surface area contributed by atoms with Gasteiger partial charge in [-0.05, 0) is 38.3 Å². The molecule has 1 heterocycles. The summed E-state index contributed by atoms with van der Waals surface area (Å²) in [7, 11) is 0. The maximum Gasteiger partial charge on any atom is 0.222 e. The second-order valence-corrected chi connectivity index (χ2v) is 5.80. The molecule has 6 heteroatoms. The van der Waals surface area contributed by atoms with E-state index in [1.54, 1.807) is 0 Å². The molecule has 23 heavy (non-hydrogen) atoms. The van der Waals surface area contributed by atoms with Gasteiger partial charge in [-0.3, -0.25) is 9.79 Å². The van der Waals surface area contributed by atoms with Crippen molar-refractivity contribution in [3.05, 3.63) is 29.8 Å². The molecule has 1 fully saturated rings. The van der Waals surface area contributed by atoms with Crippen LogP contribution in [0, 0.1) is 6.92 Å². The quantitative estimate of drug-likeness (QED) is 0.326. The van der Waals surface area contributed by atoms with Crippen LogP contribution in [0.1, 0.15) is 37.7 Å². The van der Waals surface area contributed by atoms with Crippen LogP contribution >= 0.6 is 24.0 Å². The summed E-state index contributed by atoms with van der Waals surface area (Å²) in [6.45, 7) is 4.35. The van der Waals surface area contributed by atoms with Gasteiger partial charge >= 0.3 is 0 Å². The van der Waals surface area contributed by atoms with E-state index in [9.17, 15) is 4.79 Å². The van der Waals surface area contributed by atoms with Crippen LogP contribution in [0.3, 0.4) is 0 Å². The molecule has 5 nitrogen and oxygen atoms in total. The van der Waals surface area contributed by atoms with Gasteiger partial charge in [-0.25, -0.2) is 0 Å². The topological polar surface area (TPSA) is 70.7 Å². The minimum absolute atomic E-state index is 0. The van der Waals surface area contributed by atoms with Gasteiger partial charge < -0.3 is 16.0 Å². The Bertz CT molecular complexity index is 516. The molecule has 2 rings (SSSR count). The number of hydrogen-bond acceptors (Lipinski definition) is 2. The number of benzene rings is 1. The number of aryl methyl sites for hydroxylation is 1. The monoisotopic (exact) mass is 430 g/mol. The molecule has 0 radical (unpaired) electrons. The van der Waals surface area contributed by atoms with Crippen LogP contribution in [-0.4, -0.2) is 36.4 Å². The fourth-order valence-corrected chi connectivity index (χ4v) is 2.56. The van der Waals surface area contributed by atoms with E-state index >= 15 is 0 Å². The average molecular weight is 430 g/mol. The van der Waals surface area contributed by atoms with E-state index in [4.69, 9.17) is 5.73 Å². The van der Waals surface area contributed by atoms with Crippen molar-refractivity contribution in [2.45, 2.75) is 39.0 Å². The van der Waals surface area contributed by atoms with Crippen molar-refractivity contribution in [2.75, 3.05) is 25.0 Å². The molecular formula is C17H27IN4O. The van der Waals surface area contributed by atoms with Crippen LogP contribution in [0.25, 0.3) is 0 Å². The lowest BCUT2D eigenvalue weighted by molar-refractivity contribution is -0.130. The molecule has 0 atom stereocenters. The molecule has 0 aliphatic carbocycles. The van der Waals surface area contributed by atoms with Crippen LogP contribution in [0.4, 0.5) is 5.69 Å². The molecule has 0 bridgehead atoms. The molecule has 1 amide bonds. The number of rotatable bonds is 5. The van der Waals surface area contributed by atoms with Crippen molar-refractivity contribution < 1.29 is 4.79 Å². The molecule has 128 valence electrons. The zero-order valence-corrected chi connectivity index (χ0v) is 16.1. The van der Waals surface area contributed by atoms with Gasteiger partial charge in [0.25, 0.3) is 0 Å². The highest BCUT2D eigenvalue weighted by Gasteiger charge is 2.15. The van der Waals surface area contributed by atoms with Crippen molar-refractivity contribution in [3.63, 3.8) is 0 Å². The van der Waals surface area contributed by atoms with E-state index in [0.717, 1.165) is 44.5 Å². The Morgan fingerprint density at radius 2 is 2.00 bits per heavy atom. The summed E-state index contributed by atoms with van der Waals surface area (Å²) in [5, 5.41) is 3.07. The van der Waals surface area contributed by atoms with Crippen LogP contribution in [0.15, 0.2) is 29.3 Å². The lowest BCUT2D eigenvalue weighted by Crippen LogP contribution is -2.31. The number of likely N-dealkylation sites (tertiary alicyclic amines) is 1. The predicted molar refractivity (Wildman–Crippen MR) is 106 cm³/mol. The number of halogens is 1. The second kappa shape index (κ2) is 10.5. The third-order valence-electron chi connectivity index (χ3n) is 3.86. The minimum Gasteiger partial charge on any atom is -0.370 e. The van der Waals surface area contributed by atoms with E-state index in [1.165, 1.54) is 5.56 Å². The highest BCUT2D eigenvalue weighted by atomic mass is 127. The van der Waals surface area contributed by atoms with Crippen molar-refractivity contribution in [3.8, 4) is 0 Å². The number of carbonyl (C=O) groups excluding carboxylic acids is 1. The molecule has 1 aromatic rings. The summed E-state index contributed by atoms with van der Waals surface area (Å²) in [5.41, 5.74) is 8.02. The fourth-order valence-electron chi connectivity index (χ4n) is 2.56. The third-order valence-corrected chi connectivity index (χ3v) is 3.86. The Morgan fingerprint density at radius 3 is 2.74 bits per heavy atom. The number of amides is 1. The van der Waals surface area contributed by atoms with Gasteiger partial charge in [0.1, 0.15) is 0 Å². The molecule has 1 saturated heterocycles. The maximum atomic E-state index is 11.9. The molecular weight excluding hydrogens is 403 g/mol. The Kier molecular flexibility index (Phi) is 8.98. The SMILES string of the molecule is Cc1ccc(NC(N)=NCCCN2CCCCCC2=O)cc1.I. The minimum atomic E-state index is 0. The molecule has 0 spiro atoms. The molecule has 0 saturated carbocycles. The number of guanidine groups is 1. The van der Waals surface area contributed by atoms with E-state index in [0.29, 0.717) is 18.9 Å². The van der Waals surface area contributed by atoms with E-state index < -0.39 is 0 Å². The smallest absolute Gasteiger partial charge is 0.222 e. The largest absolute Gasteiger partial charge is 0.370 e. The number of anilines is 1. The third kappa shape index (κ3) is 7.20. The standard InChI is InChI=1S/C17H26N4O.HI/c1-14-7-9-15(10-8-14)20-17(18)19-11-5-13-21-12-4-2-3-6-16(21)22;/h7-10H,2-6,11-13H2,1H3,(H3,18,19,20);1H. The maximum absolute atomic E-state index is 11.9. The van der Waals surface area contributed by atoms with Crippen molar-refractivity contribution in [1.29, 1.82) is 0 Å². The Hall–Kier alpha value is -1.31. The Morgan fingerprint density at radius 1 is 1.26 bits per heavy atom. The molecule has 1 aromatic carbocycles. The molecule has 0 unspecified atom stereocenters. The lowest BCUT2D eigenvalue weighted by Gasteiger charge is -2.19. The van der Waals surface area contributed by atoms with Crippen LogP contribution < -0.4 is 11.1 Å². The zero-order chi connectivity index (χ0) is 15.8. The first-order valence-corrected chi connectivity index (χ1v) is 8.06. The van der Waals surface area contributed by atoms with E-state index in [2.05, 4.69) is 10.3 Å². The molecule has 3 N–H and O–H groups in total. The zero-order valence-electron chi connectivity index (χ0n) is 13.8. The van der Waals surface area contributed by atoms with E-state index in [1.807, 2.05) is 36.1 Å². The van der Waals surface area contributed by atoms with Gasteiger partial charge in [0, 0.05) is 31.7 Å². The second-order valence-electron chi connectivity index (χ2n) is 5.80. The molecule has 1 aliphatic heterocycles. The first kappa shape index (κ1) is 19.7. The number of nitrogens with zero attached hydrogens (tertiary/aromatic N) is 2. The summed E-state index contributed by atoms with van der Waals surface area (Å²) in [4.78, 5) is 18.1. The Balaban J connectivity index is 0.00000264. The summed E-state index contributed by atoms with van der Waals surface area (Å²) in [6.07, 6.45) is 4.85. The summed E-state index contributed by atoms with van der Waals surface area (Å²) in [5.74, 6) is 0.707. The first-order chi connectivity index (χ1) is 10.6. The van der Waals surface area contributed by atoms with Crippen molar-refractivity contribution >= 4 is 41.5 Å². The Labute approximate surface area is 155 Å². The number of carbonyl (C=O) groups is 1. The number of hydrogen-bond donors (Lipinski definition) is 2. The molecule has 1 aliphatic rings. The van der Waals surface area contributed by atoms with Crippen LogP contribution in [0.2, 0.25) is 0 Å². The predicted octanol–water partition coefficient (Wildman–Crippen LogP) is 3.13. The van der Waals surface area contributed by atoms with Gasteiger partial charge in [-0.2, -0.15) is 0 Å². The van der Waals surface area contributed by atoms with Gasteiger partial charge in [0.2, 0.25) is 5.91 Å². The lowest BCUT2D eigenvalue weighted by atomic mass is 10.2. The number of nitrogens with two attached hydrogens (primary N) is 1. The van der Waals surface area contributed by atoms with Gasteiger partial charge in [-0.1, -0.05) is 24.1 Å². The first-order valence-electron chi connectivity index (χ1n) is 8.06. The van der Waals surface area contributed by atoms with Gasteiger partial charge in [0.05, 0.1) is 0 Å². The molecule has 0 aromatic heterocycles. The van der Waals surface area contributed by atoms with Crippen LogP contribution in [0.5, 0.6) is 0 Å². The van der Waals surface area contributed by atoms with Gasteiger partial charge in [0.15, 0.2) is 5.96 Å². The van der Waals surface area contributed by atoms with Crippen LogP contribution in [-0.2, 0) is 4.79 Å². The highest BCUT2D eigenvalue weighted by Crippen LogP contribution is 2.11. The summed E-state index contributed by atoms with van der Waals surface area (Å²) in [6, 6.07) is 8.02. The fraction of sp³-hybridized carbons (Fsp3) is 0.529. The number of nitrogens with one attached hydrogen (secondary N) is 1. The van der Waals surface area contributed by atoms with Gasteiger partial charge in [-0.15, -0.1) is 24.0 Å². The normalized spacial score (nSPS) is 15.8. The van der Waals surface area contributed by atoms with E-state index in [-0.39, 0.29) is 29.9 Å². The van der Waals surface area contributed by atoms with Crippen molar-refractivity contribution in [2.24, 2.45) is 10.7 Å². The number of aliphatic imine (C=N–C) groups is 1.